The van der Waals surface area contributed by atoms with Crippen LogP contribution in [0.5, 0.6) is 0 Å². The van der Waals surface area contributed by atoms with Crippen LogP contribution in [0.15, 0.2) is 30.3 Å². The van der Waals surface area contributed by atoms with E-state index in [0.717, 1.165) is 26.1 Å². The quantitative estimate of drug-likeness (QED) is 0.833. The SMILES string of the molecule is CCN(C(=O)CCNC(C)=O)[C@@H]1CCN([C@H](C)c2ccccc2)C1. The van der Waals surface area contributed by atoms with E-state index in [0.29, 0.717) is 19.0 Å². The van der Waals surface area contributed by atoms with Crippen LogP contribution in [0, 0.1) is 0 Å². The molecule has 24 heavy (non-hydrogen) atoms. The highest BCUT2D eigenvalue weighted by atomic mass is 16.2. The molecule has 1 aliphatic heterocycles. The summed E-state index contributed by atoms with van der Waals surface area (Å²) >= 11 is 0. The van der Waals surface area contributed by atoms with Gasteiger partial charge in [0.15, 0.2) is 0 Å². The number of carbonyl (C=O) groups excluding carboxylic acids is 2. The fraction of sp³-hybridized carbons (Fsp3) is 0.579. The lowest BCUT2D eigenvalue weighted by Gasteiger charge is -2.30. The van der Waals surface area contributed by atoms with Crippen LogP contribution < -0.4 is 5.32 Å². The van der Waals surface area contributed by atoms with Crippen molar-refractivity contribution in [3.05, 3.63) is 35.9 Å². The molecule has 2 atom stereocenters. The number of amides is 2. The van der Waals surface area contributed by atoms with Crippen LogP contribution in [0.2, 0.25) is 0 Å². The highest BCUT2D eigenvalue weighted by Gasteiger charge is 2.31. The summed E-state index contributed by atoms with van der Waals surface area (Å²) in [5.41, 5.74) is 1.32. The van der Waals surface area contributed by atoms with Crippen LogP contribution >= 0.6 is 0 Å². The number of likely N-dealkylation sites (N-methyl/N-ethyl adjacent to an activating group) is 1. The molecule has 0 radical (unpaired) electrons. The van der Waals surface area contributed by atoms with E-state index >= 15 is 0 Å². The molecule has 1 N–H and O–H groups in total. The maximum absolute atomic E-state index is 12.4. The van der Waals surface area contributed by atoms with Crippen molar-refractivity contribution in [3.8, 4) is 0 Å². The van der Waals surface area contributed by atoms with Crippen LogP contribution in [0.1, 0.15) is 45.2 Å². The first-order chi connectivity index (χ1) is 11.5. The minimum Gasteiger partial charge on any atom is -0.356 e. The minimum atomic E-state index is -0.0884. The average Bonchev–Trinajstić information content (AvgIpc) is 3.05. The number of likely N-dealkylation sites (tertiary alicyclic amines) is 1. The van der Waals surface area contributed by atoms with Crippen LogP contribution in [0.3, 0.4) is 0 Å². The molecule has 1 aromatic rings. The Bertz CT molecular complexity index is 547. The molecule has 0 spiro atoms. The average molecular weight is 331 g/mol. The summed E-state index contributed by atoms with van der Waals surface area (Å²) in [5.74, 6) is 0.0417. The van der Waals surface area contributed by atoms with Gasteiger partial charge in [0.05, 0.1) is 0 Å². The molecule has 0 saturated carbocycles. The predicted octanol–water partition coefficient (Wildman–Crippen LogP) is 2.20. The third-order valence-corrected chi connectivity index (χ3v) is 4.84. The molecule has 1 heterocycles. The molecule has 1 fully saturated rings. The number of hydrogen-bond donors (Lipinski definition) is 1. The van der Waals surface area contributed by atoms with Gasteiger partial charge < -0.3 is 10.2 Å². The van der Waals surface area contributed by atoms with E-state index in [1.165, 1.54) is 12.5 Å². The molecule has 0 unspecified atom stereocenters. The number of nitrogens with zero attached hydrogens (tertiary/aromatic N) is 2. The summed E-state index contributed by atoms with van der Waals surface area (Å²) in [4.78, 5) is 27.8. The second-order valence-corrected chi connectivity index (χ2v) is 6.44. The lowest BCUT2D eigenvalue weighted by molar-refractivity contribution is -0.133. The molecular weight excluding hydrogens is 302 g/mol. The van der Waals surface area contributed by atoms with Crippen molar-refractivity contribution < 1.29 is 9.59 Å². The maximum Gasteiger partial charge on any atom is 0.224 e. The monoisotopic (exact) mass is 331 g/mol. The summed E-state index contributed by atoms with van der Waals surface area (Å²) in [5, 5.41) is 2.70. The second-order valence-electron chi connectivity index (χ2n) is 6.44. The van der Waals surface area contributed by atoms with Crippen molar-refractivity contribution in [1.82, 2.24) is 15.1 Å². The van der Waals surface area contributed by atoms with E-state index in [4.69, 9.17) is 0 Å². The zero-order valence-electron chi connectivity index (χ0n) is 15.0. The fourth-order valence-corrected chi connectivity index (χ4v) is 3.44. The minimum absolute atomic E-state index is 0.0884. The predicted molar refractivity (Wildman–Crippen MR) is 95.5 cm³/mol. The van der Waals surface area contributed by atoms with Crippen LogP contribution in [0.25, 0.3) is 0 Å². The van der Waals surface area contributed by atoms with Gasteiger partial charge in [0, 0.05) is 51.6 Å². The zero-order valence-corrected chi connectivity index (χ0v) is 15.0. The van der Waals surface area contributed by atoms with E-state index in [1.54, 1.807) is 0 Å². The van der Waals surface area contributed by atoms with E-state index in [-0.39, 0.29) is 17.9 Å². The summed E-state index contributed by atoms with van der Waals surface area (Å²) in [6.07, 6.45) is 1.38. The number of carbonyl (C=O) groups is 2. The molecule has 5 heteroatoms. The van der Waals surface area contributed by atoms with Crippen molar-refractivity contribution in [2.24, 2.45) is 0 Å². The van der Waals surface area contributed by atoms with Gasteiger partial charge in [-0.2, -0.15) is 0 Å². The van der Waals surface area contributed by atoms with Crippen molar-refractivity contribution in [1.29, 1.82) is 0 Å². The van der Waals surface area contributed by atoms with Gasteiger partial charge in [-0.05, 0) is 25.8 Å². The van der Waals surface area contributed by atoms with Crippen LogP contribution in [0.4, 0.5) is 0 Å². The van der Waals surface area contributed by atoms with Gasteiger partial charge in [-0.3, -0.25) is 14.5 Å². The Morgan fingerprint density at radius 3 is 2.67 bits per heavy atom. The maximum atomic E-state index is 12.4. The largest absolute Gasteiger partial charge is 0.356 e. The van der Waals surface area contributed by atoms with Crippen molar-refractivity contribution in [2.45, 2.75) is 45.7 Å². The molecule has 1 saturated heterocycles. The lowest BCUT2D eigenvalue weighted by atomic mass is 10.1. The number of hydrogen-bond acceptors (Lipinski definition) is 3. The molecule has 5 nitrogen and oxygen atoms in total. The third-order valence-electron chi connectivity index (χ3n) is 4.84. The van der Waals surface area contributed by atoms with E-state index in [1.807, 2.05) is 17.9 Å². The Morgan fingerprint density at radius 2 is 2.04 bits per heavy atom. The molecule has 1 aromatic carbocycles. The van der Waals surface area contributed by atoms with Crippen molar-refractivity contribution in [3.63, 3.8) is 0 Å². The zero-order chi connectivity index (χ0) is 17.5. The van der Waals surface area contributed by atoms with E-state index in [9.17, 15) is 9.59 Å². The number of nitrogens with one attached hydrogen (secondary N) is 1. The van der Waals surface area contributed by atoms with E-state index < -0.39 is 0 Å². The van der Waals surface area contributed by atoms with Crippen LogP contribution in [-0.4, -0.2) is 53.8 Å². The molecule has 1 aliphatic rings. The fourth-order valence-electron chi connectivity index (χ4n) is 3.44. The molecular formula is C19H29N3O2. The Hall–Kier alpha value is -1.88. The number of benzene rings is 1. The van der Waals surface area contributed by atoms with Gasteiger partial charge in [0.1, 0.15) is 0 Å². The third kappa shape index (κ3) is 4.81. The van der Waals surface area contributed by atoms with Gasteiger partial charge >= 0.3 is 0 Å². The number of rotatable bonds is 7. The van der Waals surface area contributed by atoms with Crippen molar-refractivity contribution >= 4 is 11.8 Å². The molecule has 0 aromatic heterocycles. The Kier molecular flexibility index (Phi) is 6.79. The van der Waals surface area contributed by atoms with Gasteiger partial charge in [-0.15, -0.1) is 0 Å². The Balaban J connectivity index is 1.90. The Labute approximate surface area is 145 Å². The molecule has 0 aliphatic carbocycles. The first kappa shape index (κ1) is 18.5. The molecule has 0 bridgehead atoms. The standard InChI is InChI=1S/C19H29N3O2/c1-4-22(19(24)10-12-20-16(3)23)18-11-13-21(14-18)15(2)17-8-6-5-7-9-17/h5-9,15,18H,4,10-14H2,1-3H3,(H,20,23)/t15-,18-/m1/s1. The van der Waals surface area contributed by atoms with Gasteiger partial charge in [0.25, 0.3) is 0 Å². The molecule has 2 amide bonds. The lowest BCUT2D eigenvalue weighted by Crippen LogP contribution is -2.43. The molecule has 2 rings (SSSR count). The highest BCUT2D eigenvalue weighted by molar-refractivity contribution is 5.78. The summed E-state index contributed by atoms with van der Waals surface area (Å²) in [7, 11) is 0. The van der Waals surface area contributed by atoms with Gasteiger partial charge in [-0.25, -0.2) is 0 Å². The van der Waals surface area contributed by atoms with Gasteiger partial charge in [0.2, 0.25) is 11.8 Å². The first-order valence-electron chi connectivity index (χ1n) is 8.85. The summed E-state index contributed by atoms with van der Waals surface area (Å²) in [6.45, 7) is 8.79. The smallest absolute Gasteiger partial charge is 0.224 e. The van der Waals surface area contributed by atoms with Crippen molar-refractivity contribution in [2.75, 3.05) is 26.2 Å². The Morgan fingerprint density at radius 1 is 1.33 bits per heavy atom. The highest BCUT2D eigenvalue weighted by Crippen LogP contribution is 2.26. The molecule has 132 valence electrons. The second kappa shape index (κ2) is 8.83. The first-order valence-corrected chi connectivity index (χ1v) is 8.85. The van der Waals surface area contributed by atoms with E-state index in [2.05, 4.69) is 41.4 Å². The topological polar surface area (TPSA) is 52.7 Å². The summed E-state index contributed by atoms with van der Waals surface area (Å²) in [6, 6.07) is 11.1. The van der Waals surface area contributed by atoms with Gasteiger partial charge in [-0.1, -0.05) is 30.3 Å². The summed E-state index contributed by atoms with van der Waals surface area (Å²) < 4.78 is 0. The normalized spacial score (nSPS) is 19.0. The van der Waals surface area contributed by atoms with Crippen LogP contribution in [-0.2, 0) is 9.59 Å².